The molecule has 2 saturated heterocycles. The fourth-order valence-electron chi connectivity index (χ4n) is 5.18. The minimum absolute atomic E-state index is 0.119. The van der Waals surface area contributed by atoms with Crippen LogP contribution in [-0.4, -0.2) is 71.6 Å². The molecule has 0 aromatic carbocycles. The predicted molar refractivity (Wildman–Crippen MR) is 138 cm³/mol. The maximum atomic E-state index is 13.3. The SMILES string of the molecule is CC(C)Sc1nc2cccnc2n1C1CCN(C(=O)C2CCN(Cc3cnc(N)nc3)CC2)CC1. The largest absolute Gasteiger partial charge is 0.368 e. The van der Waals surface area contributed by atoms with E-state index in [0.717, 1.165) is 80.3 Å². The van der Waals surface area contributed by atoms with E-state index < -0.39 is 0 Å². The lowest BCUT2D eigenvalue weighted by Gasteiger charge is -2.37. The van der Waals surface area contributed by atoms with E-state index >= 15 is 0 Å². The van der Waals surface area contributed by atoms with E-state index in [1.54, 1.807) is 24.2 Å². The van der Waals surface area contributed by atoms with Crippen molar-refractivity contribution in [1.82, 2.24) is 34.3 Å². The number of anilines is 1. The highest BCUT2D eigenvalue weighted by molar-refractivity contribution is 7.99. The zero-order chi connectivity index (χ0) is 24.4. The molecule has 0 atom stereocenters. The van der Waals surface area contributed by atoms with E-state index in [1.807, 2.05) is 18.3 Å². The summed E-state index contributed by atoms with van der Waals surface area (Å²) >= 11 is 1.79. The van der Waals surface area contributed by atoms with Crippen LogP contribution >= 0.6 is 11.8 Å². The van der Waals surface area contributed by atoms with Crippen LogP contribution in [0.1, 0.15) is 51.1 Å². The molecule has 2 fully saturated rings. The summed E-state index contributed by atoms with van der Waals surface area (Å²) < 4.78 is 2.32. The number of likely N-dealkylation sites (tertiary alicyclic amines) is 2. The van der Waals surface area contributed by atoms with Crippen LogP contribution in [0.25, 0.3) is 11.2 Å². The third-order valence-corrected chi connectivity index (χ3v) is 7.94. The lowest BCUT2D eigenvalue weighted by Crippen LogP contribution is -2.45. The van der Waals surface area contributed by atoms with Gasteiger partial charge < -0.3 is 15.2 Å². The number of fused-ring (bicyclic) bond motifs is 1. The molecule has 2 aliphatic heterocycles. The number of rotatable bonds is 6. The zero-order valence-corrected chi connectivity index (χ0v) is 21.3. The molecule has 9 nitrogen and oxygen atoms in total. The molecular weight excluding hydrogens is 460 g/mol. The van der Waals surface area contributed by atoms with Crippen molar-refractivity contribution in [2.24, 2.45) is 5.92 Å². The van der Waals surface area contributed by atoms with E-state index in [4.69, 9.17) is 10.7 Å². The summed E-state index contributed by atoms with van der Waals surface area (Å²) in [5.41, 5.74) is 8.55. The Morgan fingerprint density at radius 1 is 1.09 bits per heavy atom. The highest BCUT2D eigenvalue weighted by Crippen LogP contribution is 2.34. The van der Waals surface area contributed by atoms with E-state index in [-0.39, 0.29) is 5.92 Å². The number of aromatic nitrogens is 5. The van der Waals surface area contributed by atoms with Gasteiger partial charge >= 0.3 is 0 Å². The third kappa shape index (κ3) is 5.43. The molecule has 35 heavy (non-hydrogen) atoms. The number of hydrogen-bond acceptors (Lipinski definition) is 8. The van der Waals surface area contributed by atoms with Crippen LogP contribution in [0.3, 0.4) is 0 Å². The van der Waals surface area contributed by atoms with E-state index in [1.165, 1.54) is 0 Å². The van der Waals surface area contributed by atoms with Gasteiger partial charge in [-0.25, -0.2) is 19.9 Å². The number of carbonyl (C=O) groups excluding carboxylic acids is 1. The lowest BCUT2D eigenvalue weighted by molar-refractivity contribution is -0.138. The van der Waals surface area contributed by atoms with Crippen molar-refractivity contribution in [1.29, 1.82) is 0 Å². The Balaban J connectivity index is 1.17. The van der Waals surface area contributed by atoms with Crippen molar-refractivity contribution in [2.45, 2.75) is 62.5 Å². The normalized spacial score (nSPS) is 18.5. The first-order chi connectivity index (χ1) is 17.0. The highest BCUT2D eigenvalue weighted by Gasteiger charge is 2.32. The van der Waals surface area contributed by atoms with Gasteiger partial charge in [-0.2, -0.15) is 0 Å². The predicted octanol–water partition coefficient (Wildman–Crippen LogP) is 3.38. The van der Waals surface area contributed by atoms with Gasteiger partial charge in [-0.3, -0.25) is 9.69 Å². The van der Waals surface area contributed by atoms with Gasteiger partial charge in [0, 0.05) is 61.0 Å². The maximum Gasteiger partial charge on any atom is 0.225 e. The van der Waals surface area contributed by atoms with Crippen molar-refractivity contribution in [3.8, 4) is 0 Å². The molecule has 0 bridgehead atoms. The number of thioether (sulfide) groups is 1. The number of nitrogens with two attached hydrogens (primary N) is 1. The number of carbonyl (C=O) groups is 1. The van der Waals surface area contributed by atoms with E-state index in [2.05, 4.69) is 43.2 Å². The summed E-state index contributed by atoms with van der Waals surface area (Å²) in [6.45, 7) is 8.61. The van der Waals surface area contributed by atoms with Crippen LogP contribution in [0.5, 0.6) is 0 Å². The van der Waals surface area contributed by atoms with Crippen LogP contribution in [0.4, 0.5) is 5.95 Å². The number of imidazole rings is 1. The monoisotopic (exact) mass is 494 g/mol. The smallest absolute Gasteiger partial charge is 0.225 e. The van der Waals surface area contributed by atoms with Crippen LogP contribution in [0.15, 0.2) is 35.9 Å². The molecule has 10 heteroatoms. The number of pyridine rings is 1. The van der Waals surface area contributed by atoms with Crippen molar-refractivity contribution in [3.63, 3.8) is 0 Å². The van der Waals surface area contributed by atoms with Crippen LogP contribution in [0.2, 0.25) is 0 Å². The maximum absolute atomic E-state index is 13.3. The van der Waals surface area contributed by atoms with Gasteiger partial charge in [0.1, 0.15) is 5.52 Å². The summed E-state index contributed by atoms with van der Waals surface area (Å²) in [6.07, 6.45) is 9.10. The van der Waals surface area contributed by atoms with Gasteiger partial charge in [-0.15, -0.1) is 0 Å². The molecule has 3 aromatic heterocycles. The topological polar surface area (TPSA) is 106 Å². The fraction of sp³-hybridized carbons (Fsp3) is 0.560. The number of piperidine rings is 2. The minimum atomic E-state index is 0.119. The number of amides is 1. The summed E-state index contributed by atoms with van der Waals surface area (Å²) in [7, 11) is 0. The molecule has 0 aliphatic carbocycles. The summed E-state index contributed by atoms with van der Waals surface area (Å²) in [5.74, 6) is 0.742. The molecule has 1 amide bonds. The Labute approximate surface area is 210 Å². The van der Waals surface area contributed by atoms with Gasteiger partial charge in [0.25, 0.3) is 0 Å². The average molecular weight is 495 g/mol. The Morgan fingerprint density at radius 2 is 1.80 bits per heavy atom. The first-order valence-corrected chi connectivity index (χ1v) is 13.4. The summed E-state index contributed by atoms with van der Waals surface area (Å²) in [4.78, 5) is 35.4. The van der Waals surface area contributed by atoms with Crippen molar-refractivity contribution in [2.75, 3.05) is 31.9 Å². The molecule has 186 valence electrons. The lowest BCUT2D eigenvalue weighted by atomic mass is 9.93. The first kappa shape index (κ1) is 24.0. The molecule has 0 spiro atoms. The number of nitrogens with zero attached hydrogens (tertiary/aromatic N) is 7. The molecule has 2 N–H and O–H groups in total. The van der Waals surface area contributed by atoms with Gasteiger partial charge in [0.05, 0.1) is 0 Å². The molecule has 5 heterocycles. The average Bonchev–Trinajstić information content (AvgIpc) is 3.22. The van der Waals surface area contributed by atoms with Gasteiger partial charge in [-0.05, 0) is 50.9 Å². The Morgan fingerprint density at radius 3 is 2.49 bits per heavy atom. The van der Waals surface area contributed by atoms with Crippen LogP contribution in [0, 0.1) is 5.92 Å². The van der Waals surface area contributed by atoms with Gasteiger partial charge in [-0.1, -0.05) is 25.6 Å². The van der Waals surface area contributed by atoms with Gasteiger partial charge in [0.15, 0.2) is 10.8 Å². The summed E-state index contributed by atoms with van der Waals surface area (Å²) in [6, 6.07) is 4.30. The van der Waals surface area contributed by atoms with Crippen LogP contribution < -0.4 is 5.73 Å². The molecule has 0 radical (unpaired) electrons. The minimum Gasteiger partial charge on any atom is -0.368 e. The first-order valence-electron chi connectivity index (χ1n) is 12.5. The van der Waals surface area contributed by atoms with E-state index in [0.29, 0.717) is 23.1 Å². The van der Waals surface area contributed by atoms with Crippen LogP contribution in [-0.2, 0) is 11.3 Å². The summed E-state index contributed by atoms with van der Waals surface area (Å²) in [5, 5.41) is 1.49. The van der Waals surface area contributed by atoms with Gasteiger partial charge in [0.2, 0.25) is 11.9 Å². The molecule has 0 unspecified atom stereocenters. The molecular formula is C25H34N8OS. The Bertz CT molecular complexity index is 1150. The second-order valence-corrected chi connectivity index (χ2v) is 11.4. The van der Waals surface area contributed by atoms with Crippen molar-refractivity contribution >= 4 is 34.8 Å². The molecule has 5 rings (SSSR count). The number of hydrogen-bond donors (Lipinski definition) is 1. The second-order valence-electron chi connectivity index (χ2n) is 9.83. The van der Waals surface area contributed by atoms with Crippen molar-refractivity contribution in [3.05, 3.63) is 36.3 Å². The molecule has 3 aromatic rings. The zero-order valence-electron chi connectivity index (χ0n) is 20.5. The fourth-order valence-corrected chi connectivity index (χ4v) is 6.10. The number of nitrogen functional groups attached to an aromatic ring is 1. The second kappa shape index (κ2) is 10.5. The quantitative estimate of drug-likeness (QED) is 0.520. The molecule has 2 aliphatic rings. The Hall–Kier alpha value is -2.72. The standard InChI is InChI=1S/C25H34N8OS/c1-17(2)35-25-30-21-4-3-9-27-22(21)33(25)20-7-12-32(13-8-20)23(34)19-5-10-31(11-6-19)16-18-14-28-24(26)29-15-18/h3-4,9,14-15,17,19-20H,5-8,10-13,16H2,1-2H3,(H2,26,28,29). The molecule has 0 saturated carbocycles. The Kier molecular flexibility index (Phi) is 7.19. The van der Waals surface area contributed by atoms with E-state index in [9.17, 15) is 4.79 Å². The highest BCUT2D eigenvalue weighted by atomic mass is 32.2. The van der Waals surface area contributed by atoms with Crippen molar-refractivity contribution < 1.29 is 4.79 Å². The third-order valence-electron chi connectivity index (χ3n) is 6.97.